The Kier molecular flexibility index (Phi) is 7.39. The van der Waals surface area contributed by atoms with E-state index in [1.54, 1.807) is 0 Å². The summed E-state index contributed by atoms with van der Waals surface area (Å²) in [6.45, 7) is 0. The van der Waals surface area contributed by atoms with Crippen LogP contribution in [0.1, 0.15) is 0 Å². The molecule has 0 saturated heterocycles. The maximum Gasteiger partial charge on any atom is 0.143 e. The molecule has 9 aromatic carbocycles. The normalized spacial score (nSPS) is 11.6. The highest BCUT2D eigenvalue weighted by Gasteiger charge is 2.23. The zero-order valence-electron chi connectivity index (χ0n) is 29.8. The van der Waals surface area contributed by atoms with Crippen LogP contribution in [0, 0.1) is 0 Å². The minimum Gasteiger partial charge on any atom is -0.455 e. The van der Waals surface area contributed by atoms with E-state index in [1.165, 1.54) is 47.6 Å². The van der Waals surface area contributed by atoms with Crippen LogP contribution < -0.4 is 4.90 Å². The predicted octanol–water partition coefficient (Wildman–Crippen LogP) is 15.6. The molecule has 0 spiro atoms. The average Bonchev–Trinajstić information content (AvgIpc) is 3.83. The second-order valence-electron chi connectivity index (χ2n) is 14.0. The van der Waals surface area contributed by atoms with Crippen molar-refractivity contribution in [2.45, 2.75) is 0 Å². The quantitative estimate of drug-likeness (QED) is 0.170. The molecule has 11 aromatic rings. The van der Waals surface area contributed by atoms with Gasteiger partial charge in [-0.3, -0.25) is 0 Å². The molecule has 2 aromatic heterocycles. The zero-order valence-corrected chi connectivity index (χ0v) is 30.6. The van der Waals surface area contributed by atoms with Gasteiger partial charge < -0.3 is 9.32 Å². The van der Waals surface area contributed by atoms with Gasteiger partial charge >= 0.3 is 0 Å². The molecule has 0 N–H and O–H groups in total. The summed E-state index contributed by atoms with van der Waals surface area (Å²) in [7, 11) is 0. The lowest BCUT2D eigenvalue weighted by atomic mass is 9.93. The molecule has 0 saturated carbocycles. The van der Waals surface area contributed by atoms with Crippen molar-refractivity contribution in [3.63, 3.8) is 0 Å². The van der Waals surface area contributed by atoms with E-state index in [0.717, 1.165) is 55.7 Å². The van der Waals surface area contributed by atoms with Gasteiger partial charge in [-0.25, -0.2) is 0 Å². The van der Waals surface area contributed by atoms with Crippen molar-refractivity contribution in [3.05, 3.63) is 200 Å². The Morgan fingerprint density at radius 3 is 1.89 bits per heavy atom. The van der Waals surface area contributed by atoms with Gasteiger partial charge in [-0.2, -0.15) is 0 Å². The van der Waals surface area contributed by atoms with Crippen molar-refractivity contribution < 1.29 is 4.42 Å². The molecule has 3 heteroatoms. The number of hydrogen-bond acceptors (Lipinski definition) is 3. The van der Waals surface area contributed by atoms with Gasteiger partial charge in [-0.15, -0.1) is 11.3 Å². The molecule has 0 radical (unpaired) electrons. The van der Waals surface area contributed by atoms with Gasteiger partial charge in [-0.05, 0) is 81.6 Å². The van der Waals surface area contributed by atoms with Crippen LogP contribution in [0.2, 0.25) is 0 Å². The van der Waals surface area contributed by atoms with E-state index < -0.39 is 0 Å². The van der Waals surface area contributed by atoms with Gasteiger partial charge in [0, 0.05) is 47.8 Å². The smallest absolute Gasteiger partial charge is 0.143 e. The van der Waals surface area contributed by atoms with Crippen LogP contribution in [0.15, 0.2) is 205 Å². The largest absolute Gasteiger partial charge is 0.455 e. The molecular weight excluding hydrogens is 687 g/mol. The highest BCUT2D eigenvalue weighted by Crippen LogP contribution is 2.49. The maximum atomic E-state index is 6.64. The van der Waals surface area contributed by atoms with Crippen LogP contribution in [-0.4, -0.2) is 0 Å². The van der Waals surface area contributed by atoms with E-state index in [2.05, 4.69) is 199 Å². The number of benzene rings is 9. The van der Waals surface area contributed by atoms with E-state index in [1.807, 2.05) is 17.4 Å². The fraction of sp³-hybridized carbons (Fsp3) is 0. The molecule has 0 atom stereocenters. The molecule has 0 aliphatic carbocycles. The van der Waals surface area contributed by atoms with E-state index in [0.29, 0.717) is 0 Å². The number of nitrogens with zero attached hydrogens (tertiary/aromatic N) is 1. The molecule has 2 heterocycles. The summed E-state index contributed by atoms with van der Waals surface area (Å²) in [6.07, 6.45) is 0. The Labute approximate surface area is 322 Å². The molecule has 11 rings (SSSR count). The molecule has 258 valence electrons. The number of rotatable bonds is 6. The Balaban J connectivity index is 1.16. The number of fused-ring (bicyclic) bond motifs is 7. The molecule has 0 aliphatic rings. The van der Waals surface area contributed by atoms with Gasteiger partial charge in [-0.1, -0.05) is 152 Å². The molecule has 0 bridgehead atoms. The Morgan fingerprint density at radius 2 is 1.00 bits per heavy atom. The average molecular weight is 720 g/mol. The summed E-state index contributed by atoms with van der Waals surface area (Å²) in [5.74, 6) is 0. The van der Waals surface area contributed by atoms with Crippen molar-refractivity contribution in [3.8, 4) is 33.4 Å². The van der Waals surface area contributed by atoms with E-state index in [9.17, 15) is 0 Å². The van der Waals surface area contributed by atoms with Gasteiger partial charge in [0.05, 0.1) is 11.4 Å². The highest BCUT2D eigenvalue weighted by molar-refractivity contribution is 7.26. The summed E-state index contributed by atoms with van der Waals surface area (Å²) >= 11 is 1.85. The number of furan rings is 1. The maximum absolute atomic E-state index is 6.64. The lowest BCUT2D eigenvalue weighted by molar-refractivity contribution is 0.670. The standard InChI is InChI=1S/C52H33NOS/c1-2-15-35-32-37(31-30-34(35)14-1)40-19-4-3-18-39(40)36-16-11-17-38(33-36)53(47-26-13-29-50-51(47)45-22-7-10-28-49(45)55-50)46-25-8-5-20-41(46)43-23-12-24-44-42-21-6-9-27-48(42)54-52(43)44/h1-33H. The van der Waals surface area contributed by atoms with E-state index in [4.69, 9.17) is 4.42 Å². The third kappa shape index (κ3) is 5.24. The van der Waals surface area contributed by atoms with Gasteiger partial charge in [0.1, 0.15) is 11.2 Å². The second kappa shape index (κ2) is 12.9. The lowest BCUT2D eigenvalue weighted by Gasteiger charge is -2.29. The summed E-state index contributed by atoms with van der Waals surface area (Å²) in [6, 6.07) is 72.2. The number of hydrogen-bond donors (Lipinski definition) is 0. The fourth-order valence-electron chi connectivity index (χ4n) is 8.36. The summed E-state index contributed by atoms with van der Waals surface area (Å²) in [4.78, 5) is 2.46. The number of anilines is 3. The molecule has 0 fully saturated rings. The Morgan fingerprint density at radius 1 is 0.382 bits per heavy atom. The summed E-state index contributed by atoms with van der Waals surface area (Å²) in [5, 5.41) is 7.24. The van der Waals surface area contributed by atoms with Crippen molar-refractivity contribution in [2.75, 3.05) is 4.90 Å². The molecular formula is C52H33NOS. The first kappa shape index (κ1) is 31.6. The monoisotopic (exact) mass is 719 g/mol. The molecule has 0 unspecified atom stereocenters. The van der Waals surface area contributed by atoms with Crippen LogP contribution >= 0.6 is 11.3 Å². The molecule has 2 nitrogen and oxygen atoms in total. The molecule has 55 heavy (non-hydrogen) atoms. The van der Waals surface area contributed by atoms with Gasteiger partial charge in [0.15, 0.2) is 0 Å². The van der Waals surface area contributed by atoms with Crippen molar-refractivity contribution in [1.82, 2.24) is 0 Å². The van der Waals surface area contributed by atoms with Gasteiger partial charge in [0.2, 0.25) is 0 Å². The number of thiophene rings is 1. The van der Waals surface area contributed by atoms with Crippen LogP contribution in [0.5, 0.6) is 0 Å². The van der Waals surface area contributed by atoms with Crippen molar-refractivity contribution >= 4 is 81.3 Å². The van der Waals surface area contributed by atoms with E-state index >= 15 is 0 Å². The zero-order chi connectivity index (χ0) is 36.3. The predicted molar refractivity (Wildman–Crippen MR) is 235 cm³/mol. The lowest BCUT2D eigenvalue weighted by Crippen LogP contribution is -2.11. The summed E-state index contributed by atoms with van der Waals surface area (Å²) < 4.78 is 9.18. The number of para-hydroxylation sites is 3. The highest BCUT2D eigenvalue weighted by atomic mass is 32.1. The molecule has 0 aliphatic heterocycles. The Hall–Kier alpha value is -6.94. The second-order valence-corrected chi connectivity index (χ2v) is 15.1. The van der Waals surface area contributed by atoms with Crippen LogP contribution in [-0.2, 0) is 0 Å². The topological polar surface area (TPSA) is 16.4 Å². The first-order valence-corrected chi connectivity index (χ1v) is 19.5. The van der Waals surface area contributed by atoms with Crippen LogP contribution in [0.3, 0.4) is 0 Å². The van der Waals surface area contributed by atoms with Crippen LogP contribution in [0.25, 0.3) is 86.3 Å². The third-order valence-electron chi connectivity index (χ3n) is 10.9. The minimum atomic E-state index is 0.895. The first-order valence-electron chi connectivity index (χ1n) is 18.7. The third-order valence-corrected chi connectivity index (χ3v) is 12.0. The SMILES string of the molecule is c1cc(-c2ccccc2-c2ccc3ccccc3c2)cc(N(c2ccccc2-c2cccc3c2oc2ccccc23)c2cccc3sc4ccccc4c23)c1. The van der Waals surface area contributed by atoms with Crippen molar-refractivity contribution in [2.24, 2.45) is 0 Å². The first-order chi connectivity index (χ1) is 27.3. The van der Waals surface area contributed by atoms with Crippen LogP contribution in [0.4, 0.5) is 17.1 Å². The van der Waals surface area contributed by atoms with Crippen molar-refractivity contribution in [1.29, 1.82) is 0 Å². The van der Waals surface area contributed by atoms with E-state index in [-0.39, 0.29) is 0 Å². The summed E-state index contributed by atoms with van der Waals surface area (Å²) in [5.41, 5.74) is 12.0. The molecule has 0 amide bonds. The fourth-order valence-corrected chi connectivity index (χ4v) is 9.49. The minimum absolute atomic E-state index is 0.895. The Bertz CT molecular complexity index is 3240. The van der Waals surface area contributed by atoms with Gasteiger partial charge in [0.25, 0.3) is 0 Å².